The Morgan fingerprint density at radius 1 is 1.07 bits per heavy atom. The first-order valence-corrected chi connectivity index (χ1v) is 9.89. The van der Waals surface area contributed by atoms with Crippen molar-refractivity contribution < 1.29 is 26.8 Å². The maximum Gasteiger partial charge on any atom is 0.122 e. The number of hydrogen-bond donors (Lipinski definition) is 1. The molecule has 1 N–H and O–H groups in total. The molecule has 148 valence electrons. The fraction of sp³-hybridized carbons (Fsp3) is 0.478. The molecule has 2 atom stereocenters. The molecule has 0 spiro atoms. The van der Waals surface area contributed by atoms with Gasteiger partial charge in [-0.15, -0.1) is 0 Å². The maximum absolute atomic E-state index is 6.23. The van der Waals surface area contributed by atoms with E-state index < -0.39 is 0 Å². The van der Waals surface area contributed by atoms with E-state index in [1.807, 2.05) is 6.07 Å². The Morgan fingerprint density at radius 3 is 2.74 bits per heavy atom. The van der Waals surface area contributed by atoms with Crippen molar-refractivity contribution in [2.45, 2.75) is 32.1 Å². The normalized spacial score (nSPS) is 19.2. The van der Waals surface area contributed by atoms with E-state index in [-0.39, 0.29) is 12.4 Å². The second kappa shape index (κ2) is 11.2. The predicted octanol–water partition coefficient (Wildman–Crippen LogP) is 0.178. The van der Waals surface area contributed by atoms with Crippen LogP contribution in [0.1, 0.15) is 30.4 Å². The second-order valence-electron chi connectivity index (χ2n) is 7.54. The van der Waals surface area contributed by atoms with Crippen molar-refractivity contribution in [1.29, 1.82) is 0 Å². The number of ether oxygens (including phenoxy) is 2. The van der Waals surface area contributed by atoms with Crippen LogP contribution in [0.2, 0.25) is 0 Å². The van der Waals surface area contributed by atoms with Crippen molar-refractivity contribution in [3.63, 3.8) is 0 Å². The summed E-state index contributed by atoms with van der Waals surface area (Å²) in [5.74, 6) is 2.70. The van der Waals surface area contributed by atoms with E-state index >= 15 is 0 Å². The number of benzene rings is 2. The Kier molecular flexibility index (Phi) is 8.96. The zero-order valence-electron chi connectivity index (χ0n) is 16.5. The molecule has 1 heterocycles. The lowest BCUT2D eigenvalue weighted by Gasteiger charge is -2.27. The summed E-state index contributed by atoms with van der Waals surface area (Å²) in [6, 6.07) is 16.9. The van der Waals surface area contributed by atoms with Gasteiger partial charge in [0.2, 0.25) is 0 Å². The van der Waals surface area contributed by atoms with Gasteiger partial charge in [0.15, 0.2) is 0 Å². The van der Waals surface area contributed by atoms with Gasteiger partial charge in [-0.25, -0.2) is 0 Å². The predicted molar refractivity (Wildman–Crippen MR) is 106 cm³/mol. The summed E-state index contributed by atoms with van der Waals surface area (Å²) in [6.45, 7) is 3.39. The van der Waals surface area contributed by atoms with Gasteiger partial charge in [-0.2, -0.15) is 0 Å². The highest BCUT2D eigenvalue weighted by atomic mass is 35.5. The number of quaternary nitrogens is 1. The first-order chi connectivity index (χ1) is 12.7. The zero-order chi connectivity index (χ0) is 18.2. The van der Waals surface area contributed by atoms with Gasteiger partial charge in [0, 0.05) is 5.92 Å². The van der Waals surface area contributed by atoms with Gasteiger partial charge in [-0.3, -0.25) is 0 Å². The molecular formula is C23H32ClNO2. The third kappa shape index (κ3) is 6.75. The summed E-state index contributed by atoms with van der Waals surface area (Å²) >= 11 is 0. The van der Waals surface area contributed by atoms with Gasteiger partial charge in [0.05, 0.1) is 33.9 Å². The quantitative estimate of drug-likeness (QED) is 0.696. The number of nitrogens with one attached hydrogen (secondary N) is 1. The maximum atomic E-state index is 6.23. The molecule has 0 aliphatic carbocycles. The van der Waals surface area contributed by atoms with E-state index in [0.29, 0.717) is 5.92 Å². The molecule has 2 unspecified atom stereocenters. The standard InChI is InChI=1S/C23H31NO2.ClH/c1-24-15-7-10-20(17-24)18-26-23-14-4-3-11-21(23)12-5-8-19-9-6-13-22(16-19)25-2;/h3-4,6,9,11,13-14,16,20H,5,7-8,10,12,15,17-18H2,1-2H3;1H. The third-order valence-corrected chi connectivity index (χ3v) is 5.35. The molecule has 1 fully saturated rings. The Labute approximate surface area is 170 Å². The van der Waals surface area contributed by atoms with Gasteiger partial charge >= 0.3 is 0 Å². The van der Waals surface area contributed by atoms with E-state index in [2.05, 4.69) is 49.5 Å². The molecule has 1 aliphatic heterocycles. The molecule has 2 aromatic rings. The number of aryl methyl sites for hydroxylation is 2. The summed E-state index contributed by atoms with van der Waals surface area (Å²) in [6.07, 6.45) is 5.84. The van der Waals surface area contributed by atoms with E-state index in [9.17, 15) is 0 Å². The molecule has 0 amide bonds. The molecule has 3 nitrogen and oxygen atoms in total. The number of piperidine rings is 1. The molecule has 0 saturated carbocycles. The van der Waals surface area contributed by atoms with E-state index in [1.165, 1.54) is 37.1 Å². The lowest BCUT2D eigenvalue weighted by molar-refractivity contribution is -0.888. The zero-order valence-corrected chi connectivity index (χ0v) is 17.3. The minimum atomic E-state index is 0. The fourth-order valence-corrected chi connectivity index (χ4v) is 3.90. The van der Waals surface area contributed by atoms with Crippen LogP contribution in [0.3, 0.4) is 0 Å². The topological polar surface area (TPSA) is 22.9 Å². The summed E-state index contributed by atoms with van der Waals surface area (Å²) in [5.41, 5.74) is 2.66. The van der Waals surface area contributed by atoms with Crippen LogP contribution in [-0.2, 0) is 12.8 Å². The smallest absolute Gasteiger partial charge is 0.122 e. The Morgan fingerprint density at radius 2 is 1.93 bits per heavy atom. The van der Waals surface area contributed by atoms with Crippen LogP contribution in [0, 0.1) is 5.92 Å². The number of hydrogen-bond acceptors (Lipinski definition) is 2. The Balaban J connectivity index is 0.00000261. The van der Waals surface area contributed by atoms with Crippen LogP contribution in [0.4, 0.5) is 0 Å². The van der Waals surface area contributed by atoms with Crippen LogP contribution in [0.5, 0.6) is 11.5 Å². The average molecular weight is 390 g/mol. The van der Waals surface area contributed by atoms with E-state index in [4.69, 9.17) is 9.47 Å². The number of para-hydroxylation sites is 1. The summed E-state index contributed by atoms with van der Waals surface area (Å²) in [4.78, 5) is 1.64. The summed E-state index contributed by atoms with van der Waals surface area (Å²) in [5, 5.41) is 0. The number of methoxy groups -OCH3 is 1. The molecular weight excluding hydrogens is 358 g/mol. The van der Waals surface area contributed by atoms with Crippen molar-refractivity contribution in [3.8, 4) is 11.5 Å². The number of halogens is 1. The summed E-state index contributed by atoms with van der Waals surface area (Å²) < 4.78 is 11.5. The molecule has 4 heteroatoms. The minimum Gasteiger partial charge on any atom is -1.00 e. The highest BCUT2D eigenvalue weighted by molar-refractivity contribution is 5.34. The highest BCUT2D eigenvalue weighted by Gasteiger charge is 2.21. The average Bonchev–Trinajstić information content (AvgIpc) is 2.67. The van der Waals surface area contributed by atoms with Crippen LogP contribution < -0.4 is 26.8 Å². The van der Waals surface area contributed by atoms with Crippen molar-refractivity contribution in [1.82, 2.24) is 0 Å². The van der Waals surface area contributed by atoms with Crippen molar-refractivity contribution in [3.05, 3.63) is 59.7 Å². The first kappa shape index (κ1) is 21.6. The van der Waals surface area contributed by atoms with Crippen LogP contribution in [0.25, 0.3) is 0 Å². The first-order valence-electron chi connectivity index (χ1n) is 9.89. The molecule has 3 rings (SSSR count). The fourth-order valence-electron chi connectivity index (χ4n) is 3.90. The van der Waals surface area contributed by atoms with Crippen LogP contribution >= 0.6 is 0 Å². The Hall–Kier alpha value is -1.71. The largest absolute Gasteiger partial charge is 1.00 e. The lowest BCUT2D eigenvalue weighted by atomic mass is 9.99. The van der Waals surface area contributed by atoms with Crippen LogP contribution in [0.15, 0.2) is 48.5 Å². The molecule has 1 aliphatic rings. The van der Waals surface area contributed by atoms with Gasteiger partial charge in [-0.05, 0) is 61.4 Å². The van der Waals surface area contributed by atoms with Crippen molar-refractivity contribution in [2.75, 3.05) is 33.9 Å². The van der Waals surface area contributed by atoms with Crippen molar-refractivity contribution in [2.24, 2.45) is 5.92 Å². The minimum absolute atomic E-state index is 0. The molecule has 0 aromatic heterocycles. The molecule has 0 bridgehead atoms. The second-order valence-corrected chi connectivity index (χ2v) is 7.54. The van der Waals surface area contributed by atoms with E-state index in [1.54, 1.807) is 12.0 Å². The SMILES string of the molecule is COc1cccc(CCCc2ccccc2OCC2CCC[NH+](C)C2)c1.[Cl-]. The monoisotopic (exact) mass is 389 g/mol. The summed E-state index contributed by atoms with van der Waals surface area (Å²) in [7, 11) is 4.01. The molecule has 1 saturated heterocycles. The molecule has 2 aromatic carbocycles. The van der Waals surface area contributed by atoms with Crippen molar-refractivity contribution >= 4 is 0 Å². The third-order valence-electron chi connectivity index (χ3n) is 5.35. The number of rotatable bonds is 8. The van der Waals surface area contributed by atoms with Gasteiger partial charge < -0.3 is 26.8 Å². The number of likely N-dealkylation sites (tertiary alicyclic amines) is 1. The van der Waals surface area contributed by atoms with Gasteiger partial charge in [0.25, 0.3) is 0 Å². The highest BCUT2D eigenvalue weighted by Crippen LogP contribution is 2.22. The lowest BCUT2D eigenvalue weighted by Crippen LogP contribution is -3.10. The Bertz CT molecular complexity index is 692. The van der Waals surface area contributed by atoms with Crippen LogP contribution in [-0.4, -0.2) is 33.9 Å². The van der Waals surface area contributed by atoms with Gasteiger partial charge in [0.1, 0.15) is 11.5 Å². The van der Waals surface area contributed by atoms with Gasteiger partial charge in [-0.1, -0.05) is 30.3 Å². The molecule has 27 heavy (non-hydrogen) atoms. The molecule has 0 radical (unpaired) electrons. The van der Waals surface area contributed by atoms with E-state index in [0.717, 1.165) is 37.4 Å².